The molecule has 34 heavy (non-hydrogen) atoms. The number of hydrogen-bond donors (Lipinski definition) is 3. The lowest BCUT2D eigenvalue weighted by atomic mass is 10.1. The Bertz CT molecular complexity index is 1270. The van der Waals surface area contributed by atoms with Crippen molar-refractivity contribution in [2.75, 3.05) is 11.1 Å². The molecule has 0 atom stereocenters. The summed E-state index contributed by atoms with van der Waals surface area (Å²) in [5, 5.41) is 10.3. The smallest absolute Gasteiger partial charge is 0.407 e. The standard InChI is InChI=1S/C24H21ClN6O3/c25-19-7-9-20(10-8-19)31-14-21(26)22(30-31)29-23(32)18-5-3-16(4-6-18)13-28-24(33)34-15-17-2-1-11-27-12-17/h1-12,14H,13,15,26H2,(H,28,33)(H,29,30,32). The first-order valence-electron chi connectivity index (χ1n) is 10.3. The van der Waals surface area contributed by atoms with Crippen molar-refractivity contribution in [3.63, 3.8) is 0 Å². The van der Waals surface area contributed by atoms with Crippen LogP contribution in [0.5, 0.6) is 0 Å². The first-order chi connectivity index (χ1) is 16.5. The van der Waals surface area contributed by atoms with Crippen LogP contribution in [0, 0.1) is 0 Å². The molecule has 0 aliphatic heterocycles. The highest BCUT2D eigenvalue weighted by atomic mass is 35.5. The molecule has 0 spiro atoms. The molecule has 2 heterocycles. The minimum atomic E-state index is -0.544. The van der Waals surface area contributed by atoms with Gasteiger partial charge in [-0.1, -0.05) is 29.8 Å². The molecule has 2 amide bonds. The number of halogens is 1. The average molecular weight is 477 g/mol. The Balaban J connectivity index is 1.30. The van der Waals surface area contributed by atoms with Gasteiger partial charge in [0, 0.05) is 35.1 Å². The van der Waals surface area contributed by atoms with Crippen LogP contribution in [0.25, 0.3) is 5.69 Å². The Kier molecular flexibility index (Phi) is 7.04. The zero-order valence-corrected chi connectivity index (χ0v) is 18.7. The van der Waals surface area contributed by atoms with Crippen molar-refractivity contribution in [3.05, 3.63) is 101 Å². The Morgan fingerprint density at radius 1 is 1.03 bits per heavy atom. The second kappa shape index (κ2) is 10.5. The van der Waals surface area contributed by atoms with E-state index in [1.54, 1.807) is 77.9 Å². The van der Waals surface area contributed by atoms with E-state index < -0.39 is 6.09 Å². The number of carbonyl (C=O) groups is 2. The maximum atomic E-state index is 12.6. The largest absolute Gasteiger partial charge is 0.445 e. The Hall–Kier alpha value is -4.37. The quantitative estimate of drug-likeness (QED) is 0.367. The predicted molar refractivity (Wildman–Crippen MR) is 129 cm³/mol. The summed E-state index contributed by atoms with van der Waals surface area (Å²) in [7, 11) is 0. The van der Waals surface area contributed by atoms with Crippen molar-refractivity contribution in [1.29, 1.82) is 0 Å². The third kappa shape index (κ3) is 5.90. The molecule has 10 heteroatoms. The fourth-order valence-electron chi connectivity index (χ4n) is 3.02. The van der Waals surface area contributed by atoms with Gasteiger partial charge >= 0.3 is 6.09 Å². The molecule has 4 N–H and O–H groups in total. The number of nitrogens with one attached hydrogen (secondary N) is 2. The molecule has 0 aliphatic carbocycles. The molecule has 2 aromatic carbocycles. The van der Waals surface area contributed by atoms with Crippen molar-refractivity contribution in [2.45, 2.75) is 13.2 Å². The number of hydrogen-bond acceptors (Lipinski definition) is 6. The molecule has 0 bridgehead atoms. The average Bonchev–Trinajstić information content (AvgIpc) is 3.22. The molecule has 0 saturated heterocycles. The van der Waals surface area contributed by atoms with Crippen LogP contribution < -0.4 is 16.4 Å². The number of nitrogens with two attached hydrogens (primary N) is 1. The van der Waals surface area contributed by atoms with Gasteiger partial charge in [0.25, 0.3) is 5.91 Å². The molecule has 4 rings (SSSR count). The third-order valence-electron chi connectivity index (χ3n) is 4.81. The van der Waals surface area contributed by atoms with Crippen LogP contribution in [0.15, 0.2) is 79.3 Å². The molecule has 0 radical (unpaired) electrons. The SMILES string of the molecule is Nc1cn(-c2ccc(Cl)cc2)nc1NC(=O)c1ccc(CNC(=O)OCc2cccnc2)cc1. The van der Waals surface area contributed by atoms with Gasteiger partial charge in [-0.3, -0.25) is 9.78 Å². The molecule has 172 valence electrons. The molecule has 0 aliphatic rings. The molecule has 9 nitrogen and oxygen atoms in total. The van der Waals surface area contributed by atoms with Gasteiger partial charge in [0.05, 0.1) is 17.6 Å². The molecule has 0 unspecified atom stereocenters. The van der Waals surface area contributed by atoms with Crippen molar-refractivity contribution < 1.29 is 14.3 Å². The summed E-state index contributed by atoms with van der Waals surface area (Å²) in [5.74, 6) is -0.106. The van der Waals surface area contributed by atoms with Gasteiger partial charge in [0.1, 0.15) is 6.61 Å². The van der Waals surface area contributed by atoms with Crippen molar-refractivity contribution in [1.82, 2.24) is 20.1 Å². The second-order valence-electron chi connectivity index (χ2n) is 7.30. The fourth-order valence-corrected chi connectivity index (χ4v) is 3.15. The highest BCUT2D eigenvalue weighted by Crippen LogP contribution is 2.21. The van der Waals surface area contributed by atoms with Crippen LogP contribution in [-0.4, -0.2) is 26.8 Å². The number of carbonyl (C=O) groups excluding carboxylic acids is 2. The highest BCUT2D eigenvalue weighted by Gasteiger charge is 2.13. The maximum Gasteiger partial charge on any atom is 0.407 e. The van der Waals surface area contributed by atoms with E-state index in [9.17, 15) is 9.59 Å². The number of anilines is 2. The molecule has 4 aromatic rings. The van der Waals surface area contributed by atoms with E-state index >= 15 is 0 Å². The molecule has 2 aromatic heterocycles. The number of rotatable bonds is 7. The number of aromatic nitrogens is 3. The lowest BCUT2D eigenvalue weighted by Crippen LogP contribution is -2.23. The van der Waals surface area contributed by atoms with Gasteiger partial charge in [-0.25, -0.2) is 9.48 Å². The van der Waals surface area contributed by atoms with E-state index in [-0.39, 0.29) is 24.9 Å². The summed E-state index contributed by atoms with van der Waals surface area (Å²) in [6.45, 7) is 0.391. The Morgan fingerprint density at radius 2 is 1.79 bits per heavy atom. The van der Waals surface area contributed by atoms with E-state index in [0.29, 0.717) is 16.3 Å². The fraction of sp³-hybridized carbons (Fsp3) is 0.0833. The van der Waals surface area contributed by atoms with Gasteiger partial charge in [-0.05, 0) is 48.0 Å². The van der Waals surface area contributed by atoms with E-state index in [1.807, 2.05) is 6.07 Å². The number of ether oxygens (including phenoxy) is 1. The lowest BCUT2D eigenvalue weighted by molar-refractivity contribution is 0.102. The van der Waals surface area contributed by atoms with Gasteiger partial charge in [-0.2, -0.15) is 0 Å². The summed E-state index contributed by atoms with van der Waals surface area (Å²) in [6.07, 6.45) is 4.35. The monoisotopic (exact) mass is 476 g/mol. The molecular formula is C24H21ClN6O3. The van der Waals surface area contributed by atoms with Gasteiger partial charge < -0.3 is 21.1 Å². The molecule has 0 fully saturated rings. The van der Waals surface area contributed by atoms with Crippen LogP contribution in [0.4, 0.5) is 16.3 Å². The van der Waals surface area contributed by atoms with Crippen LogP contribution in [0.3, 0.4) is 0 Å². The summed E-state index contributed by atoms with van der Waals surface area (Å²) in [6, 6.07) is 17.4. The predicted octanol–water partition coefficient (Wildman–Crippen LogP) is 4.18. The van der Waals surface area contributed by atoms with E-state index in [4.69, 9.17) is 22.1 Å². The number of nitrogen functional groups attached to an aromatic ring is 1. The van der Waals surface area contributed by atoms with E-state index in [2.05, 4.69) is 20.7 Å². The van der Waals surface area contributed by atoms with E-state index in [0.717, 1.165) is 16.8 Å². The lowest BCUT2D eigenvalue weighted by Gasteiger charge is -2.08. The van der Waals surface area contributed by atoms with Crippen LogP contribution >= 0.6 is 11.6 Å². The van der Waals surface area contributed by atoms with Crippen molar-refractivity contribution in [3.8, 4) is 5.69 Å². The maximum absolute atomic E-state index is 12.6. The first-order valence-corrected chi connectivity index (χ1v) is 10.7. The zero-order valence-electron chi connectivity index (χ0n) is 17.9. The number of pyridine rings is 1. The normalized spacial score (nSPS) is 10.5. The van der Waals surface area contributed by atoms with E-state index in [1.165, 1.54) is 0 Å². The van der Waals surface area contributed by atoms with Gasteiger partial charge in [0.2, 0.25) is 0 Å². The van der Waals surface area contributed by atoms with Crippen LogP contribution in [0.2, 0.25) is 5.02 Å². The van der Waals surface area contributed by atoms with Gasteiger partial charge in [-0.15, -0.1) is 5.10 Å². The summed E-state index contributed by atoms with van der Waals surface area (Å²) >= 11 is 5.92. The van der Waals surface area contributed by atoms with Crippen molar-refractivity contribution in [2.24, 2.45) is 0 Å². The van der Waals surface area contributed by atoms with Crippen LogP contribution in [0.1, 0.15) is 21.5 Å². The summed E-state index contributed by atoms with van der Waals surface area (Å²) in [5.41, 5.74) is 9.12. The number of alkyl carbamates (subject to hydrolysis) is 1. The Labute approximate surface area is 200 Å². The molecular weight excluding hydrogens is 456 g/mol. The topological polar surface area (TPSA) is 124 Å². The number of nitrogens with zero attached hydrogens (tertiary/aromatic N) is 3. The number of benzene rings is 2. The minimum Gasteiger partial charge on any atom is -0.445 e. The minimum absolute atomic E-state index is 0.135. The summed E-state index contributed by atoms with van der Waals surface area (Å²) < 4.78 is 6.71. The Morgan fingerprint density at radius 3 is 2.50 bits per heavy atom. The summed E-state index contributed by atoms with van der Waals surface area (Å²) in [4.78, 5) is 28.5. The first kappa shape index (κ1) is 22.8. The van der Waals surface area contributed by atoms with Crippen LogP contribution in [-0.2, 0) is 17.9 Å². The molecule has 0 saturated carbocycles. The second-order valence-corrected chi connectivity index (χ2v) is 7.73. The number of amides is 2. The highest BCUT2D eigenvalue weighted by molar-refractivity contribution is 6.30. The zero-order chi connectivity index (χ0) is 23.9. The van der Waals surface area contributed by atoms with Crippen molar-refractivity contribution >= 4 is 35.1 Å². The third-order valence-corrected chi connectivity index (χ3v) is 5.06. The van der Waals surface area contributed by atoms with Gasteiger partial charge in [0.15, 0.2) is 5.82 Å².